The number of aromatic nitrogens is 2. The van der Waals surface area contributed by atoms with Gasteiger partial charge in [0.05, 0.1) is 5.69 Å². The molecule has 2 aromatic rings. The summed E-state index contributed by atoms with van der Waals surface area (Å²) in [6.45, 7) is 11.5. The second-order valence-electron chi connectivity index (χ2n) is 9.38. The lowest BCUT2D eigenvalue weighted by molar-refractivity contribution is 0.0853. The maximum absolute atomic E-state index is 10.1. The van der Waals surface area contributed by atoms with Crippen LogP contribution in [0.1, 0.15) is 46.2 Å². The molecule has 1 atom stereocenters. The number of nitrogens with zero attached hydrogens (tertiary/aromatic N) is 3. The topological polar surface area (TPSA) is 79.7 Å². The van der Waals surface area contributed by atoms with Crippen molar-refractivity contribution in [1.82, 2.24) is 15.3 Å². The van der Waals surface area contributed by atoms with E-state index >= 15 is 0 Å². The molecule has 0 aliphatic carbocycles. The minimum absolute atomic E-state index is 0.214. The Morgan fingerprint density at radius 2 is 2.00 bits per heavy atom. The predicted octanol–water partition coefficient (Wildman–Crippen LogP) is 4.42. The molecule has 0 radical (unpaired) electrons. The molecule has 1 aliphatic heterocycles. The van der Waals surface area contributed by atoms with Crippen molar-refractivity contribution in [2.24, 2.45) is 5.92 Å². The maximum Gasteiger partial charge on any atom is 0.162 e. The number of anilines is 1. The molecular weight excluding hydrogens is 460 g/mol. The fourth-order valence-electron chi connectivity index (χ4n) is 3.89. The number of benzene rings is 1. The zero-order valence-electron chi connectivity index (χ0n) is 21.6. The number of ether oxygens (including phenoxy) is 2. The molecular formula is C27H40N4O3S. The van der Waals surface area contributed by atoms with E-state index in [2.05, 4.69) is 38.0 Å². The summed E-state index contributed by atoms with van der Waals surface area (Å²) in [5.74, 6) is 2.53. The Balaban J connectivity index is 1.94. The highest BCUT2D eigenvalue weighted by Crippen LogP contribution is 2.31. The van der Waals surface area contributed by atoms with Crippen molar-refractivity contribution in [2.45, 2.75) is 52.7 Å². The van der Waals surface area contributed by atoms with Crippen LogP contribution in [0.25, 0.3) is 16.3 Å². The van der Waals surface area contributed by atoms with Crippen LogP contribution in [0.2, 0.25) is 0 Å². The van der Waals surface area contributed by atoms with Gasteiger partial charge in [0.2, 0.25) is 0 Å². The molecule has 0 spiro atoms. The zero-order valence-corrected chi connectivity index (χ0v) is 22.5. The summed E-state index contributed by atoms with van der Waals surface area (Å²) >= 11 is 4.85. The number of hydrogen-bond acceptors (Lipinski definition) is 8. The zero-order chi connectivity index (χ0) is 25.4. The van der Waals surface area contributed by atoms with E-state index in [9.17, 15) is 5.11 Å². The fourth-order valence-corrected chi connectivity index (χ4v) is 4.26. The smallest absolute Gasteiger partial charge is 0.162 e. The van der Waals surface area contributed by atoms with Gasteiger partial charge in [0.15, 0.2) is 5.82 Å². The van der Waals surface area contributed by atoms with Crippen molar-refractivity contribution in [1.29, 1.82) is 0 Å². The number of allylic oxidation sites excluding steroid dienone is 1. The van der Waals surface area contributed by atoms with E-state index in [0.717, 1.165) is 54.6 Å². The van der Waals surface area contributed by atoms with Crippen LogP contribution in [0.15, 0.2) is 35.9 Å². The third-order valence-electron chi connectivity index (χ3n) is 6.46. The summed E-state index contributed by atoms with van der Waals surface area (Å²) in [5, 5.41) is 13.2. The predicted molar refractivity (Wildman–Crippen MR) is 146 cm³/mol. The van der Waals surface area contributed by atoms with E-state index in [-0.39, 0.29) is 6.61 Å². The summed E-state index contributed by atoms with van der Waals surface area (Å²) in [6, 6.07) is 10.1. The maximum atomic E-state index is 10.1. The molecule has 35 heavy (non-hydrogen) atoms. The summed E-state index contributed by atoms with van der Waals surface area (Å²) in [7, 11) is 2.09. The monoisotopic (exact) mass is 500 g/mol. The molecule has 7 nitrogen and oxygen atoms in total. The second kappa shape index (κ2) is 13.3. The Morgan fingerprint density at radius 1 is 1.26 bits per heavy atom. The van der Waals surface area contributed by atoms with Crippen LogP contribution in [0.5, 0.6) is 5.75 Å². The SMILES string of the molecule is CCNCC(O)COc1cccc(-c2nc(/C(S)=C(\C)C(C)C)cc(N(C)C3CCOCC3)n2)c1. The Morgan fingerprint density at radius 3 is 2.69 bits per heavy atom. The lowest BCUT2D eigenvalue weighted by Crippen LogP contribution is -2.37. The minimum atomic E-state index is -0.575. The van der Waals surface area contributed by atoms with E-state index in [1.165, 1.54) is 5.57 Å². The van der Waals surface area contributed by atoms with Crippen molar-refractivity contribution < 1.29 is 14.6 Å². The van der Waals surface area contributed by atoms with Crippen molar-refractivity contribution in [3.05, 3.63) is 41.6 Å². The van der Waals surface area contributed by atoms with Gasteiger partial charge in [0, 0.05) is 49.4 Å². The van der Waals surface area contributed by atoms with E-state index in [1.807, 2.05) is 37.3 Å². The summed E-state index contributed by atoms with van der Waals surface area (Å²) in [4.78, 5) is 13.0. The Labute approximate surface area is 215 Å². The van der Waals surface area contributed by atoms with Crippen LogP contribution >= 0.6 is 12.6 Å². The Hall–Kier alpha value is -2.13. The van der Waals surface area contributed by atoms with Crippen molar-refractivity contribution in [2.75, 3.05) is 44.9 Å². The number of rotatable bonds is 11. The van der Waals surface area contributed by atoms with Gasteiger partial charge in [0.1, 0.15) is 24.3 Å². The van der Waals surface area contributed by atoms with Gasteiger partial charge in [-0.1, -0.05) is 38.5 Å². The van der Waals surface area contributed by atoms with Crippen molar-refractivity contribution in [3.8, 4) is 17.1 Å². The molecule has 2 heterocycles. The van der Waals surface area contributed by atoms with E-state index in [4.69, 9.17) is 32.1 Å². The molecule has 3 rings (SSSR count). The Bertz CT molecular complexity index is 992. The highest BCUT2D eigenvalue weighted by molar-refractivity contribution is 7.90. The van der Waals surface area contributed by atoms with Crippen LogP contribution in [0, 0.1) is 5.92 Å². The van der Waals surface area contributed by atoms with Crippen LogP contribution in [-0.2, 0) is 4.74 Å². The molecule has 0 bridgehead atoms. The normalized spacial score (nSPS) is 16.2. The number of aliphatic hydroxyl groups excluding tert-OH is 1. The van der Waals surface area contributed by atoms with Crippen LogP contribution in [0.3, 0.4) is 0 Å². The standard InChI is InChI=1S/C27H40N4O3S/c1-6-28-16-22(32)17-34-23-9-7-8-20(14-23)27-29-24(26(35)19(4)18(2)3)15-25(30-27)31(5)21-10-12-33-13-11-21/h7-9,14-15,18,21-22,28,32,35H,6,10-13,16-17H2,1-5H3/b26-19-. The molecule has 1 unspecified atom stereocenters. The number of aliphatic hydroxyl groups is 1. The summed E-state index contributed by atoms with van der Waals surface area (Å²) in [6.07, 6.45) is 1.37. The van der Waals surface area contributed by atoms with Gasteiger partial charge in [0.25, 0.3) is 0 Å². The van der Waals surface area contributed by atoms with Gasteiger partial charge >= 0.3 is 0 Å². The minimum Gasteiger partial charge on any atom is -0.491 e. The van der Waals surface area contributed by atoms with Gasteiger partial charge in [-0.05, 0) is 44.4 Å². The molecule has 1 aromatic heterocycles. The molecule has 1 aromatic carbocycles. The first kappa shape index (κ1) is 27.5. The highest BCUT2D eigenvalue weighted by Gasteiger charge is 2.22. The van der Waals surface area contributed by atoms with Crippen molar-refractivity contribution in [3.63, 3.8) is 0 Å². The molecule has 0 saturated carbocycles. The first-order chi connectivity index (χ1) is 16.8. The first-order valence-electron chi connectivity index (χ1n) is 12.5. The van der Waals surface area contributed by atoms with E-state index < -0.39 is 6.10 Å². The van der Waals surface area contributed by atoms with Crippen molar-refractivity contribution >= 4 is 23.4 Å². The summed E-state index contributed by atoms with van der Waals surface area (Å²) < 4.78 is 11.4. The quantitative estimate of drug-likeness (QED) is 0.394. The third kappa shape index (κ3) is 7.67. The fraction of sp³-hybridized carbons (Fsp3) is 0.556. The molecule has 0 amide bonds. The van der Waals surface area contributed by atoms with Gasteiger partial charge in [-0.25, -0.2) is 9.97 Å². The first-order valence-corrected chi connectivity index (χ1v) is 13.0. The molecule has 1 aliphatic rings. The molecule has 192 valence electrons. The third-order valence-corrected chi connectivity index (χ3v) is 7.04. The second-order valence-corrected chi connectivity index (χ2v) is 9.82. The lowest BCUT2D eigenvalue weighted by Gasteiger charge is -2.32. The Kier molecular flexibility index (Phi) is 10.4. The number of hydrogen-bond donors (Lipinski definition) is 3. The van der Waals surface area contributed by atoms with Gasteiger partial charge in [-0.15, -0.1) is 12.6 Å². The van der Waals surface area contributed by atoms with E-state index in [0.29, 0.717) is 30.1 Å². The van der Waals surface area contributed by atoms with Crippen LogP contribution in [0.4, 0.5) is 5.82 Å². The van der Waals surface area contributed by atoms with Crippen LogP contribution < -0.4 is 15.0 Å². The average molecular weight is 501 g/mol. The van der Waals surface area contributed by atoms with E-state index in [1.54, 1.807) is 0 Å². The molecule has 1 fully saturated rings. The molecule has 2 N–H and O–H groups in total. The number of thiol groups is 1. The highest BCUT2D eigenvalue weighted by atomic mass is 32.1. The lowest BCUT2D eigenvalue weighted by atomic mass is 10.0. The van der Waals surface area contributed by atoms with Crippen LogP contribution in [-0.4, -0.2) is 67.2 Å². The summed E-state index contributed by atoms with van der Waals surface area (Å²) in [5.41, 5.74) is 2.85. The largest absolute Gasteiger partial charge is 0.491 e. The molecule has 8 heteroatoms. The van der Waals surface area contributed by atoms with Gasteiger partial charge in [-0.3, -0.25) is 0 Å². The number of likely N-dealkylation sites (N-methyl/N-ethyl adjacent to an activating group) is 1. The van der Waals surface area contributed by atoms with Gasteiger partial charge in [-0.2, -0.15) is 0 Å². The average Bonchev–Trinajstić information content (AvgIpc) is 2.89. The number of nitrogens with one attached hydrogen (secondary N) is 1. The molecule has 1 saturated heterocycles. The van der Waals surface area contributed by atoms with Gasteiger partial charge < -0.3 is 24.8 Å².